The Bertz CT molecular complexity index is 404. The van der Waals surface area contributed by atoms with Gasteiger partial charge in [0.25, 0.3) is 0 Å². The highest BCUT2D eigenvalue weighted by Crippen LogP contribution is 2.42. The molecular weight excluding hydrogens is 265 g/mol. The minimum absolute atomic E-state index is 0.0411. The average molecular weight is 271 g/mol. The number of allylic oxidation sites excluding steroid dienone is 1. The van der Waals surface area contributed by atoms with E-state index >= 15 is 0 Å². The number of alkyl halides is 3. The van der Waals surface area contributed by atoms with Crippen molar-refractivity contribution >= 4 is 29.4 Å². The Morgan fingerprint density at radius 3 is 2.81 bits per heavy atom. The molecule has 2 heterocycles. The standard InChI is InChI=1S/C8H6ClF3N2OS/c9-14-4-16-7(6(14)8(10,11)12)13-5-2-1-3-15-5/h1-3,13H,4H2. The van der Waals surface area contributed by atoms with Crippen LogP contribution in [0.25, 0.3) is 0 Å². The molecule has 0 atom stereocenters. The molecule has 1 N–H and O–H groups in total. The highest BCUT2D eigenvalue weighted by molar-refractivity contribution is 8.03. The van der Waals surface area contributed by atoms with E-state index in [-0.39, 0.29) is 16.8 Å². The highest BCUT2D eigenvalue weighted by Gasteiger charge is 2.43. The van der Waals surface area contributed by atoms with Crippen molar-refractivity contribution in [1.29, 1.82) is 0 Å². The van der Waals surface area contributed by atoms with Crippen molar-refractivity contribution < 1.29 is 17.6 Å². The molecule has 2 rings (SSSR count). The van der Waals surface area contributed by atoms with Crippen LogP contribution in [0, 0.1) is 0 Å². The minimum atomic E-state index is -4.49. The van der Waals surface area contributed by atoms with Crippen molar-refractivity contribution in [1.82, 2.24) is 4.42 Å². The van der Waals surface area contributed by atoms with Crippen LogP contribution in [0.4, 0.5) is 19.1 Å². The van der Waals surface area contributed by atoms with Crippen molar-refractivity contribution in [2.75, 3.05) is 11.2 Å². The number of halogens is 4. The van der Waals surface area contributed by atoms with Crippen molar-refractivity contribution in [3.8, 4) is 0 Å². The Morgan fingerprint density at radius 2 is 2.25 bits per heavy atom. The summed E-state index contributed by atoms with van der Waals surface area (Å²) in [6.07, 6.45) is -3.12. The fourth-order valence-electron chi connectivity index (χ4n) is 1.19. The minimum Gasteiger partial charge on any atom is -0.449 e. The lowest BCUT2D eigenvalue weighted by atomic mass is 10.4. The van der Waals surface area contributed by atoms with E-state index in [9.17, 15) is 13.2 Å². The molecule has 1 aliphatic rings. The van der Waals surface area contributed by atoms with Crippen LogP contribution in [0.2, 0.25) is 0 Å². The summed E-state index contributed by atoms with van der Waals surface area (Å²) < 4.78 is 43.4. The zero-order valence-corrected chi connectivity index (χ0v) is 9.29. The number of nitrogens with zero attached hydrogens (tertiary/aromatic N) is 1. The topological polar surface area (TPSA) is 28.4 Å². The Kier molecular flexibility index (Phi) is 2.98. The van der Waals surface area contributed by atoms with Crippen molar-refractivity contribution in [3.63, 3.8) is 0 Å². The molecule has 1 aromatic heterocycles. The molecule has 0 unspecified atom stereocenters. The van der Waals surface area contributed by atoms with Crippen molar-refractivity contribution in [2.45, 2.75) is 6.18 Å². The van der Waals surface area contributed by atoms with Crippen LogP contribution in [0.15, 0.2) is 33.5 Å². The number of rotatable bonds is 2. The zero-order chi connectivity index (χ0) is 11.8. The van der Waals surface area contributed by atoms with Gasteiger partial charge >= 0.3 is 6.18 Å². The molecule has 0 fully saturated rings. The first kappa shape index (κ1) is 11.5. The lowest BCUT2D eigenvalue weighted by Gasteiger charge is -2.15. The number of nitrogens with one attached hydrogen (secondary N) is 1. The third kappa shape index (κ3) is 2.25. The summed E-state index contributed by atoms with van der Waals surface area (Å²) in [5, 5.41) is 2.48. The second kappa shape index (κ2) is 4.14. The molecule has 1 aromatic rings. The normalized spacial score (nSPS) is 17.1. The van der Waals surface area contributed by atoms with E-state index in [4.69, 9.17) is 16.2 Å². The third-order valence-corrected chi connectivity index (χ3v) is 3.21. The summed E-state index contributed by atoms with van der Waals surface area (Å²) in [4.78, 5) is 0. The first-order chi connectivity index (χ1) is 7.48. The van der Waals surface area contributed by atoms with Gasteiger partial charge in [-0.15, -0.1) is 0 Å². The molecule has 0 bridgehead atoms. The van der Waals surface area contributed by atoms with E-state index in [0.29, 0.717) is 4.42 Å². The summed E-state index contributed by atoms with van der Waals surface area (Å²) >= 11 is 6.43. The van der Waals surface area contributed by atoms with E-state index < -0.39 is 11.9 Å². The highest BCUT2D eigenvalue weighted by atomic mass is 35.5. The predicted octanol–water partition coefficient (Wildman–Crippen LogP) is 3.58. The van der Waals surface area contributed by atoms with Gasteiger partial charge in [-0.25, -0.2) is 0 Å². The molecule has 3 nitrogen and oxygen atoms in total. The largest absolute Gasteiger partial charge is 0.449 e. The molecule has 0 radical (unpaired) electrons. The van der Waals surface area contributed by atoms with Crippen LogP contribution in [-0.4, -0.2) is 16.5 Å². The van der Waals surface area contributed by atoms with Gasteiger partial charge in [0.2, 0.25) is 0 Å². The molecule has 8 heteroatoms. The third-order valence-electron chi connectivity index (χ3n) is 1.81. The van der Waals surface area contributed by atoms with E-state index in [1.807, 2.05) is 0 Å². The maximum atomic E-state index is 12.6. The molecule has 88 valence electrons. The predicted molar refractivity (Wildman–Crippen MR) is 55.6 cm³/mol. The van der Waals surface area contributed by atoms with Crippen LogP contribution >= 0.6 is 23.5 Å². The molecule has 0 saturated heterocycles. The number of anilines is 1. The number of hydrogen-bond acceptors (Lipinski definition) is 4. The number of furan rings is 1. The van der Waals surface area contributed by atoms with Gasteiger partial charge < -0.3 is 9.73 Å². The molecule has 0 aromatic carbocycles. The van der Waals surface area contributed by atoms with Gasteiger partial charge in [-0.05, 0) is 6.07 Å². The van der Waals surface area contributed by atoms with Crippen LogP contribution < -0.4 is 5.32 Å². The summed E-state index contributed by atoms with van der Waals surface area (Å²) in [6.45, 7) is 0. The summed E-state index contributed by atoms with van der Waals surface area (Å²) in [5.74, 6) is 0.288. The van der Waals surface area contributed by atoms with E-state index in [1.165, 1.54) is 12.3 Å². The second-order valence-corrected chi connectivity index (χ2v) is 4.28. The van der Waals surface area contributed by atoms with E-state index in [1.54, 1.807) is 6.07 Å². The summed E-state index contributed by atoms with van der Waals surface area (Å²) in [5.41, 5.74) is -0.893. The smallest absolute Gasteiger partial charge is 0.434 e. The molecular formula is C8H6ClF3N2OS. The second-order valence-electron chi connectivity index (χ2n) is 2.91. The van der Waals surface area contributed by atoms with Crippen LogP contribution in [0.3, 0.4) is 0 Å². The molecule has 0 amide bonds. The van der Waals surface area contributed by atoms with Gasteiger partial charge in [-0.2, -0.15) is 13.2 Å². The summed E-state index contributed by atoms with van der Waals surface area (Å²) in [6, 6.07) is 3.10. The lowest BCUT2D eigenvalue weighted by Crippen LogP contribution is -2.22. The zero-order valence-electron chi connectivity index (χ0n) is 7.71. The lowest BCUT2D eigenvalue weighted by molar-refractivity contribution is -0.103. The van der Waals surface area contributed by atoms with Gasteiger partial charge in [-0.1, -0.05) is 11.8 Å². The van der Waals surface area contributed by atoms with Crippen LogP contribution in [-0.2, 0) is 0 Å². The fourth-order valence-corrected chi connectivity index (χ4v) is 2.47. The maximum absolute atomic E-state index is 12.6. The van der Waals surface area contributed by atoms with Gasteiger partial charge in [0.15, 0.2) is 11.6 Å². The Hall–Kier alpha value is -0.950. The SMILES string of the molecule is FC(F)(F)C1=C(Nc2ccco2)SCN1Cl. The van der Waals surface area contributed by atoms with Gasteiger partial charge in [0.05, 0.1) is 12.1 Å². The van der Waals surface area contributed by atoms with Gasteiger partial charge in [-0.3, -0.25) is 4.42 Å². The molecule has 1 aliphatic heterocycles. The molecule has 16 heavy (non-hydrogen) atoms. The first-order valence-electron chi connectivity index (χ1n) is 4.16. The van der Waals surface area contributed by atoms with Crippen LogP contribution in [0.1, 0.15) is 0 Å². The monoisotopic (exact) mass is 270 g/mol. The summed E-state index contributed by atoms with van der Waals surface area (Å²) in [7, 11) is 0. The van der Waals surface area contributed by atoms with Crippen LogP contribution in [0.5, 0.6) is 0 Å². The molecule has 0 spiro atoms. The first-order valence-corrected chi connectivity index (χ1v) is 5.49. The Balaban J connectivity index is 2.26. The van der Waals surface area contributed by atoms with E-state index in [2.05, 4.69) is 5.32 Å². The maximum Gasteiger partial charge on any atom is 0.434 e. The van der Waals surface area contributed by atoms with Crippen molar-refractivity contribution in [2.24, 2.45) is 0 Å². The molecule has 0 aliphatic carbocycles. The number of hydrogen-bond donors (Lipinski definition) is 1. The Morgan fingerprint density at radius 1 is 1.50 bits per heavy atom. The Labute approximate surface area is 98.3 Å². The fraction of sp³-hybridized carbons (Fsp3) is 0.250. The quantitative estimate of drug-likeness (QED) is 0.832. The van der Waals surface area contributed by atoms with Crippen molar-refractivity contribution in [3.05, 3.63) is 29.1 Å². The van der Waals surface area contributed by atoms with E-state index in [0.717, 1.165) is 11.8 Å². The number of thioether (sulfide) groups is 1. The average Bonchev–Trinajstić information content (AvgIpc) is 2.75. The molecule has 0 saturated carbocycles. The van der Waals surface area contributed by atoms with Gasteiger partial charge in [0, 0.05) is 17.8 Å². The van der Waals surface area contributed by atoms with Gasteiger partial charge in [0.1, 0.15) is 5.03 Å².